The Balaban J connectivity index is 1.39. The molecule has 0 radical (unpaired) electrons. The molecule has 1 N–H and O–H groups in total. The van der Waals surface area contributed by atoms with Crippen molar-refractivity contribution in [2.75, 3.05) is 45.8 Å². The first-order valence-corrected chi connectivity index (χ1v) is 11.3. The normalized spacial score (nSPS) is 21.2. The lowest BCUT2D eigenvalue weighted by molar-refractivity contribution is -0.133. The van der Waals surface area contributed by atoms with Crippen LogP contribution >= 0.6 is 0 Å². The van der Waals surface area contributed by atoms with Gasteiger partial charge < -0.3 is 4.90 Å². The van der Waals surface area contributed by atoms with Crippen LogP contribution in [0.3, 0.4) is 0 Å². The van der Waals surface area contributed by atoms with Crippen LogP contribution in [0.1, 0.15) is 40.0 Å². The van der Waals surface area contributed by atoms with Crippen LogP contribution in [-0.4, -0.2) is 86.1 Å². The molecule has 9 nitrogen and oxygen atoms in total. The van der Waals surface area contributed by atoms with E-state index in [1.165, 1.54) is 28.9 Å². The number of likely N-dealkylation sites (tertiary alicyclic amines) is 1. The molecule has 156 valence electrons. The molecule has 2 saturated heterocycles. The number of nitrogens with zero attached hydrogens (tertiary/aromatic N) is 3. The highest BCUT2D eigenvalue weighted by atomic mass is 32.2. The van der Waals surface area contributed by atoms with Crippen molar-refractivity contribution in [3.8, 4) is 0 Å². The Morgan fingerprint density at radius 2 is 1.55 bits per heavy atom. The molecule has 4 rings (SSSR count). The standard InChI is InChI=1S/C19H24N4O5S/c24-17(22-6-2-1-3-7-22)13-21-8-10-23(11-9-21)29(27,28)14-4-5-15-16(12-14)19(26)20-18(15)25/h4-5,12H,1-3,6-11,13H2,(H,20,25,26). The van der Waals surface area contributed by atoms with Gasteiger partial charge in [0.1, 0.15) is 0 Å². The van der Waals surface area contributed by atoms with Crippen molar-refractivity contribution >= 4 is 27.7 Å². The lowest BCUT2D eigenvalue weighted by atomic mass is 10.1. The molecule has 0 aliphatic carbocycles. The summed E-state index contributed by atoms with van der Waals surface area (Å²) in [7, 11) is -3.78. The van der Waals surface area contributed by atoms with Crippen LogP contribution in [0.4, 0.5) is 0 Å². The number of nitrogens with one attached hydrogen (secondary N) is 1. The number of amides is 3. The van der Waals surface area contributed by atoms with Crippen LogP contribution < -0.4 is 5.32 Å². The summed E-state index contributed by atoms with van der Waals surface area (Å²) in [5.41, 5.74) is 0.275. The third-order valence-electron chi connectivity index (χ3n) is 5.74. The van der Waals surface area contributed by atoms with Gasteiger partial charge in [0, 0.05) is 39.3 Å². The minimum absolute atomic E-state index is 0.000979. The number of carbonyl (C=O) groups excluding carboxylic acids is 3. The zero-order valence-corrected chi connectivity index (χ0v) is 16.9. The van der Waals surface area contributed by atoms with E-state index in [1.54, 1.807) is 0 Å². The van der Waals surface area contributed by atoms with E-state index >= 15 is 0 Å². The van der Waals surface area contributed by atoms with Gasteiger partial charge in [0.2, 0.25) is 15.9 Å². The average Bonchev–Trinajstić information content (AvgIpc) is 3.02. The van der Waals surface area contributed by atoms with Crippen LogP contribution in [0.5, 0.6) is 0 Å². The highest BCUT2D eigenvalue weighted by Gasteiger charge is 2.33. The molecule has 10 heteroatoms. The molecule has 0 atom stereocenters. The fraction of sp³-hybridized carbons (Fsp3) is 0.526. The predicted molar refractivity (Wildman–Crippen MR) is 104 cm³/mol. The Morgan fingerprint density at radius 1 is 0.897 bits per heavy atom. The van der Waals surface area contributed by atoms with Crippen LogP contribution in [0.2, 0.25) is 0 Å². The number of piperazine rings is 1. The van der Waals surface area contributed by atoms with E-state index in [0.29, 0.717) is 19.6 Å². The Hall–Kier alpha value is -2.30. The van der Waals surface area contributed by atoms with Gasteiger partial charge in [0.05, 0.1) is 22.6 Å². The molecule has 3 aliphatic rings. The quantitative estimate of drug-likeness (QED) is 0.681. The molecule has 3 heterocycles. The second-order valence-electron chi connectivity index (χ2n) is 7.61. The van der Waals surface area contributed by atoms with Crippen molar-refractivity contribution in [2.45, 2.75) is 24.2 Å². The SMILES string of the molecule is O=C1NC(=O)c2cc(S(=O)(=O)N3CCN(CC(=O)N4CCCCC4)CC3)ccc21. The molecule has 0 spiro atoms. The smallest absolute Gasteiger partial charge is 0.258 e. The summed E-state index contributed by atoms with van der Waals surface area (Å²) in [6.45, 7) is 3.43. The summed E-state index contributed by atoms with van der Waals surface area (Å²) in [6, 6.07) is 3.99. The summed E-state index contributed by atoms with van der Waals surface area (Å²) in [5.74, 6) is -0.987. The maximum absolute atomic E-state index is 13.0. The second kappa shape index (κ2) is 7.85. The van der Waals surface area contributed by atoms with E-state index in [9.17, 15) is 22.8 Å². The first-order chi connectivity index (χ1) is 13.9. The van der Waals surface area contributed by atoms with Gasteiger partial charge in [-0.1, -0.05) is 0 Å². The molecule has 1 aromatic rings. The fourth-order valence-electron chi connectivity index (χ4n) is 4.02. The van der Waals surface area contributed by atoms with Crippen LogP contribution in [0.25, 0.3) is 0 Å². The molecule has 3 amide bonds. The number of fused-ring (bicyclic) bond motifs is 1. The molecule has 2 fully saturated rings. The monoisotopic (exact) mass is 420 g/mol. The third kappa shape index (κ3) is 3.92. The first-order valence-electron chi connectivity index (χ1n) is 9.86. The molecule has 29 heavy (non-hydrogen) atoms. The van der Waals surface area contributed by atoms with E-state index < -0.39 is 21.8 Å². The number of sulfonamides is 1. The minimum atomic E-state index is -3.78. The van der Waals surface area contributed by atoms with E-state index in [2.05, 4.69) is 5.32 Å². The topological polar surface area (TPSA) is 107 Å². The van der Waals surface area contributed by atoms with Gasteiger partial charge in [-0.2, -0.15) is 4.31 Å². The molecular formula is C19H24N4O5S. The first kappa shape index (κ1) is 20.0. The van der Waals surface area contributed by atoms with Gasteiger partial charge in [0.15, 0.2) is 0 Å². The molecule has 0 aromatic heterocycles. The van der Waals surface area contributed by atoms with Crippen molar-refractivity contribution in [3.63, 3.8) is 0 Å². The van der Waals surface area contributed by atoms with Crippen molar-refractivity contribution < 1.29 is 22.8 Å². The van der Waals surface area contributed by atoms with Gasteiger partial charge in [-0.05, 0) is 37.5 Å². The molecule has 0 bridgehead atoms. The summed E-state index contributed by atoms with van der Waals surface area (Å²) in [4.78, 5) is 39.8. The van der Waals surface area contributed by atoms with Gasteiger partial charge in [0.25, 0.3) is 11.8 Å². The fourth-order valence-corrected chi connectivity index (χ4v) is 5.47. The predicted octanol–water partition coefficient (Wildman–Crippen LogP) is -0.111. The summed E-state index contributed by atoms with van der Waals surface area (Å²) in [6.07, 6.45) is 3.25. The van der Waals surface area contributed by atoms with Gasteiger partial charge in [-0.15, -0.1) is 0 Å². The zero-order valence-electron chi connectivity index (χ0n) is 16.1. The van der Waals surface area contributed by atoms with Crippen LogP contribution in [-0.2, 0) is 14.8 Å². The Kier molecular flexibility index (Phi) is 5.41. The van der Waals surface area contributed by atoms with E-state index in [1.807, 2.05) is 9.80 Å². The average molecular weight is 420 g/mol. The molecule has 3 aliphatic heterocycles. The van der Waals surface area contributed by atoms with Crippen molar-refractivity contribution in [1.82, 2.24) is 19.4 Å². The molecule has 1 aromatic carbocycles. The van der Waals surface area contributed by atoms with Crippen LogP contribution in [0.15, 0.2) is 23.1 Å². The van der Waals surface area contributed by atoms with Crippen molar-refractivity contribution in [3.05, 3.63) is 29.3 Å². The Morgan fingerprint density at radius 3 is 2.24 bits per heavy atom. The number of hydrogen-bond donors (Lipinski definition) is 1. The maximum Gasteiger partial charge on any atom is 0.258 e. The Bertz CT molecular complexity index is 947. The van der Waals surface area contributed by atoms with Crippen molar-refractivity contribution in [1.29, 1.82) is 0 Å². The zero-order chi connectivity index (χ0) is 20.6. The van der Waals surface area contributed by atoms with Gasteiger partial charge in [-0.25, -0.2) is 8.42 Å². The van der Waals surface area contributed by atoms with E-state index in [-0.39, 0.29) is 35.0 Å². The molecule has 0 unspecified atom stereocenters. The molecular weight excluding hydrogens is 396 g/mol. The largest absolute Gasteiger partial charge is 0.342 e. The summed E-state index contributed by atoms with van der Waals surface area (Å²) < 4.78 is 27.3. The highest BCUT2D eigenvalue weighted by molar-refractivity contribution is 7.89. The lowest BCUT2D eigenvalue weighted by Gasteiger charge is -2.35. The molecule has 0 saturated carbocycles. The lowest BCUT2D eigenvalue weighted by Crippen LogP contribution is -2.51. The summed E-state index contributed by atoms with van der Waals surface area (Å²) >= 11 is 0. The summed E-state index contributed by atoms with van der Waals surface area (Å²) in [5, 5.41) is 2.16. The number of rotatable bonds is 4. The van der Waals surface area contributed by atoms with E-state index in [0.717, 1.165) is 25.9 Å². The number of hydrogen-bond acceptors (Lipinski definition) is 6. The maximum atomic E-state index is 13.0. The van der Waals surface area contributed by atoms with Gasteiger partial charge >= 0.3 is 0 Å². The van der Waals surface area contributed by atoms with Gasteiger partial charge in [-0.3, -0.25) is 24.6 Å². The highest BCUT2D eigenvalue weighted by Crippen LogP contribution is 2.23. The number of benzene rings is 1. The number of imide groups is 1. The van der Waals surface area contributed by atoms with E-state index in [4.69, 9.17) is 0 Å². The second-order valence-corrected chi connectivity index (χ2v) is 9.55. The van der Waals surface area contributed by atoms with Crippen LogP contribution in [0, 0.1) is 0 Å². The number of carbonyl (C=O) groups is 3. The minimum Gasteiger partial charge on any atom is -0.342 e. The van der Waals surface area contributed by atoms with Crippen molar-refractivity contribution in [2.24, 2.45) is 0 Å². The Labute approximate surface area is 169 Å². The third-order valence-corrected chi connectivity index (χ3v) is 7.64. The number of piperidine rings is 1.